The van der Waals surface area contributed by atoms with Crippen molar-refractivity contribution in [2.24, 2.45) is 0 Å². The summed E-state index contributed by atoms with van der Waals surface area (Å²) in [6.07, 6.45) is 6.25. The predicted molar refractivity (Wildman–Crippen MR) is 99.0 cm³/mol. The summed E-state index contributed by atoms with van der Waals surface area (Å²) in [4.78, 5) is 37.1. The molecule has 2 aromatic heterocycles. The first-order valence-corrected chi connectivity index (χ1v) is 9.75. The molecule has 0 bridgehead atoms. The molecule has 4 heterocycles. The number of nitrogens with zero attached hydrogens (tertiary/aromatic N) is 5. The Bertz CT molecular complexity index is 846. The summed E-state index contributed by atoms with van der Waals surface area (Å²) < 4.78 is 1.76. The maximum atomic E-state index is 12.8. The Kier molecular flexibility index (Phi) is 4.49. The van der Waals surface area contributed by atoms with Gasteiger partial charge in [0, 0.05) is 50.9 Å². The summed E-state index contributed by atoms with van der Waals surface area (Å²) in [5.41, 5.74) is 2.19. The molecule has 144 valence electrons. The molecule has 2 amide bonds. The van der Waals surface area contributed by atoms with Gasteiger partial charge in [0.15, 0.2) is 0 Å². The van der Waals surface area contributed by atoms with E-state index in [4.69, 9.17) is 0 Å². The molecule has 2 aliphatic rings. The van der Waals surface area contributed by atoms with Crippen LogP contribution in [0.4, 0.5) is 0 Å². The van der Waals surface area contributed by atoms with Crippen molar-refractivity contribution in [1.82, 2.24) is 29.5 Å². The summed E-state index contributed by atoms with van der Waals surface area (Å²) in [5, 5.41) is 4.34. The van der Waals surface area contributed by atoms with Crippen LogP contribution < -0.4 is 0 Å². The third-order valence-electron chi connectivity index (χ3n) is 5.93. The highest BCUT2D eigenvalue weighted by Crippen LogP contribution is 2.42. The van der Waals surface area contributed by atoms with Crippen molar-refractivity contribution in [3.63, 3.8) is 0 Å². The molecule has 0 unspecified atom stereocenters. The van der Waals surface area contributed by atoms with E-state index in [1.165, 1.54) is 0 Å². The summed E-state index contributed by atoms with van der Waals surface area (Å²) in [7, 11) is 0. The van der Waals surface area contributed by atoms with Gasteiger partial charge in [-0.25, -0.2) is 4.98 Å². The fourth-order valence-electron chi connectivity index (χ4n) is 4.43. The molecule has 2 aliphatic heterocycles. The molecule has 1 fully saturated rings. The standard InChI is InChI=1S/C19H26N6O2/c1-3-16(26)25-10-6-14-17(21-13-20-14)19(25)7-11-23(12-8-19)18(27)15-5-9-24(4-2)22-15/h5,9,13H,3-4,6-8,10-12H2,1-2H3,(H,20,21). The number of hydrogen-bond acceptors (Lipinski definition) is 4. The minimum atomic E-state index is -0.403. The number of carbonyl (C=O) groups excluding carboxylic acids is 2. The van der Waals surface area contributed by atoms with Crippen molar-refractivity contribution >= 4 is 11.8 Å². The molecule has 2 aromatic rings. The van der Waals surface area contributed by atoms with Crippen molar-refractivity contribution in [2.45, 2.75) is 51.6 Å². The maximum absolute atomic E-state index is 12.8. The van der Waals surface area contributed by atoms with Gasteiger partial charge >= 0.3 is 0 Å². The van der Waals surface area contributed by atoms with E-state index in [0.29, 0.717) is 44.6 Å². The summed E-state index contributed by atoms with van der Waals surface area (Å²) in [5.74, 6) is 0.119. The number of H-pyrrole nitrogens is 1. The van der Waals surface area contributed by atoms with Crippen molar-refractivity contribution < 1.29 is 9.59 Å². The van der Waals surface area contributed by atoms with Gasteiger partial charge in [0.05, 0.1) is 17.6 Å². The number of piperidine rings is 1. The lowest BCUT2D eigenvalue weighted by molar-refractivity contribution is -0.141. The third-order valence-corrected chi connectivity index (χ3v) is 5.93. The minimum absolute atomic E-state index is 0.0384. The van der Waals surface area contributed by atoms with Crippen molar-refractivity contribution in [3.05, 3.63) is 35.7 Å². The molecule has 0 atom stereocenters. The number of likely N-dealkylation sites (tertiary alicyclic amines) is 1. The Morgan fingerprint density at radius 3 is 2.67 bits per heavy atom. The molecule has 0 aromatic carbocycles. The molecule has 1 N–H and O–H groups in total. The van der Waals surface area contributed by atoms with Crippen LogP contribution >= 0.6 is 0 Å². The molecule has 0 radical (unpaired) electrons. The Hall–Kier alpha value is -2.64. The number of hydrogen-bond donors (Lipinski definition) is 1. The van der Waals surface area contributed by atoms with E-state index in [9.17, 15) is 9.59 Å². The number of imidazole rings is 1. The zero-order valence-corrected chi connectivity index (χ0v) is 15.9. The highest BCUT2D eigenvalue weighted by molar-refractivity contribution is 5.92. The van der Waals surface area contributed by atoms with E-state index in [1.807, 2.05) is 29.8 Å². The number of nitrogens with one attached hydrogen (secondary N) is 1. The fraction of sp³-hybridized carbons (Fsp3) is 0.579. The summed E-state index contributed by atoms with van der Waals surface area (Å²) in [6, 6.07) is 1.77. The average molecular weight is 370 g/mol. The van der Waals surface area contributed by atoms with E-state index in [-0.39, 0.29) is 11.8 Å². The Morgan fingerprint density at radius 1 is 1.22 bits per heavy atom. The first kappa shape index (κ1) is 17.8. The van der Waals surface area contributed by atoms with Crippen LogP contribution in [0.25, 0.3) is 0 Å². The van der Waals surface area contributed by atoms with Crippen LogP contribution in [0.3, 0.4) is 0 Å². The average Bonchev–Trinajstić information content (AvgIpc) is 3.37. The number of aromatic amines is 1. The van der Waals surface area contributed by atoms with Gasteiger partial charge in [-0.15, -0.1) is 0 Å². The predicted octanol–water partition coefficient (Wildman–Crippen LogP) is 1.55. The topological polar surface area (TPSA) is 87.1 Å². The molecule has 0 saturated carbocycles. The van der Waals surface area contributed by atoms with Crippen LogP contribution in [0.15, 0.2) is 18.6 Å². The van der Waals surface area contributed by atoms with E-state index in [2.05, 4.69) is 15.1 Å². The lowest BCUT2D eigenvalue weighted by Crippen LogP contribution is -2.58. The van der Waals surface area contributed by atoms with E-state index >= 15 is 0 Å². The first-order valence-electron chi connectivity index (χ1n) is 9.75. The van der Waals surface area contributed by atoms with Crippen LogP contribution in [-0.4, -0.2) is 61.0 Å². The first-order chi connectivity index (χ1) is 13.1. The molecule has 0 aliphatic carbocycles. The van der Waals surface area contributed by atoms with Gasteiger partial charge in [-0.1, -0.05) is 6.92 Å². The number of fused-ring (bicyclic) bond motifs is 2. The Balaban J connectivity index is 1.57. The number of amides is 2. The van der Waals surface area contributed by atoms with Gasteiger partial charge in [-0.2, -0.15) is 5.10 Å². The van der Waals surface area contributed by atoms with E-state index in [0.717, 1.165) is 24.4 Å². The SMILES string of the molecule is CCC(=O)N1CCc2[nH]cnc2C12CCN(C(=O)c1ccn(CC)n1)CC2. The summed E-state index contributed by atoms with van der Waals surface area (Å²) >= 11 is 0. The number of aryl methyl sites for hydroxylation is 1. The monoisotopic (exact) mass is 370 g/mol. The van der Waals surface area contributed by atoms with Crippen molar-refractivity contribution in [3.8, 4) is 0 Å². The number of rotatable bonds is 3. The van der Waals surface area contributed by atoms with Crippen molar-refractivity contribution in [1.29, 1.82) is 0 Å². The van der Waals surface area contributed by atoms with Crippen LogP contribution in [0.5, 0.6) is 0 Å². The van der Waals surface area contributed by atoms with E-state index in [1.54, 1.807) is 17.1 Å². The van der Waals surface area contributed by atoms with Crippen LogP contribution in [0.1, 0.15) is 55.0 Å². The lowest BCUT2D eigenvalue weighted by atomic mass is 9.78. The zero-order chi connectivity index (χ0) is 19.0. The van der Waals surface area contributed by atoms with Gasteiger partial charge in [0.2, 0.25) is 5.91 Å². The van der Waals surface area contributed by atoms with Gasteiger partial charge in [-0.3, -0.25) is 14.3 Å². The number of carbonyl (C=O) groups is 2. The molecule has 8 heteroatoms. The second-order valence-corrected chi connectivity index (χ2v) is 7.26. The lowest BCUT2D eigenvalue weighted by Gasteiger charge is -2.50. The highest BCUT2D eigenvalue weighted by Gasteiger charge is 2.48. The fourth-order valence-corrected chi connectivity index (χ4v) is 4.43. The quantitative estimate of drug-likeness (QED) is 0.888. The van der Waals surface area contributed by atoms with Crippen LogP contribution in [0, 0.1) is 0 Å². The third kappa shape index (κ3) is 2.83. The molecule has 1 spiro atoms. The molecule has 8 nitrogen and oxygen atoms in total. The maximum Gasteiger partial charge on any atom is 0.274 e. The summed E-state index contributed by atoms with van der Waals surface area (Å²) in [6.45, 7) is 6.53. The van der Waals surface area contributed by atoms with Gasteiger partial charge in [0.25, 0.3) is 5.91 Å². The molecule has 27 heavy (non-hydrogen) atoms. The second kappa shape index (κ2) is 6.83. The molecular formula is C19H26N6O2. The molecular weight excluding hydrogens is 344 g/mol. The highest BCUT2D eigenvalue weighted by atomic mass is 16.2. The normalized spacial score (nSPS) is 18.6. The van der Waals surface area contributed by atoms with Crippen molar-refractivity contribution in [2.75, 3.05) is 19.6 Å². The largest absolute Gasteiger partial charge is 0.348 e. The molecule has 4 rings (SSSR count). The van der Waals surface area contributed by atoms with E-state index < -0.39 is 5.54 Å². The van der Waals surface area contributed by atoms with Gasteiger partial charge in [-0.05, 0) is 25.8 Å². The number of aromatic nitrogens is 4. The Morgan fingerprint density at radius 2 is 2.00 bits per heavy atom. The van der Waals surface area contributed by atoms with Gasteiger partial charge < -0.3 is 14.8 Å². The molecule has 1 saturated heterocycles. The smallest absolute Gasteiger partial charge is 0.274 e. The van der Waals surface area contributed by atoms with Crippen LogP contribution in [0.2, 0.25) is 0 Å². The van der Waals surface area contributed by atoms with Gasteiger partial charge in [0.1, 0.15) is 5.69 Å². The second-order valence-electron chi connectivity index (χ2n) is 7.26. The van der Waals surface area contributed by atoms with Crippen LogP contribution in [-0.2, 0) is 23.3 Å². The minimum Gasteiger partial charge on any atom is -0.348 e. The zero-order valence-electron chi connectivity index (χ0n) is 15.9. The Labute approximate surface area is 158 Å².